The zero-order valence-corrected chi connectivity index (χ0v) is 18.4. The Hall–Kier alpha value is -2.12. The number of hydrogen-bond donors (Lipinski definition) is 2. The van der Waals surface area contributed by atoms with E-state index in [0.717, 1.165) is 64.5 Å². The first-order valence-corrected chi connectivity index (χ1v) is 11.1. The van der Waals surface area contributed by atoms with Gasteiger partial charge >= 0.3 is 0 Å². The van der Waals surface area contributed by atoms with Crippen molar-refractivity contribution in [1.29, 1.82) is 0 Å². The number of piperidine rings is 1. The topological polar surface area (TPSA) is 75.2 Å². The summed E-state index contributed by atoms with van der Waals surface area (Å²) >= 11 is 0. The lowest BCUT2D eigenvalue weighted by atomic mass is 9.93. The van der Waals surface area contributed by atoms with E-state index in [1.807, 2.05) is 7.05 Å². The molecular formula is C23H36N4O3. The van der Waals surface area contributed by atoms with Crippen molar-refractivity contribution in [3.8, 4) is 0 Å². The molecule has 0 radical (unpaired) electrons. The fraction of sp³-hybridized carbons (Fsp3) is 0.652. The summed E-state index contributed by atoms with van der Waals surface area (Å²) in [5.74, 6) is 1.54. The van der Waals surface area contributed by atoms with Crippen LogP contribution in [0.15, 0.2) is 29.3 Å². The van der Waals surface area contributed by atoms with Crippen LogP contribution in [0.5, 0.6) is 0 Å². The Morgan fingerprint density at radius 1 is 1.13 bits per heavy atom. The lowest BCUT2D eigenvalue weighted by Crippen LogP contribution is -2.45. The van der Waals surface area contributed by atoms with Crippen molar-refractivity contribution in [2.75, 3.05) is 40.4 Å². The van der Waals surface area contributed by atoms with Gasteiger partial charge in [0.15, 0.2) is 5.96 Å². The molecule has 2 saturated heterocycles. The Kier molecular flexibility index (Phi) is 8.96. The first-order chi connectivity index (χ1) is 14.7. The standard InChI is InChI=1S/C23H36N4O3/c1-24-22(28)15-18-7-11-27(12-8-18)23(25-2)26-16-19-3-5-20(6-4-19)17-30-21-9-13-29-14-10-21/h3-6,18,21H,7-17H2,1-2H3,(H,24,28)(H,25,26). The van der Waals surface area contributed by atoms with E-state index in [0.29, 0.717) is 25.0 Å². The predicted octanol–water partition coefficient (Wildman–Crippen LogP) is 2.31. The molecular weight excluding hydrogens is 380 g/mol. The lowest BCUT2D eigenvalue weighted by Gasteiger charge is -2.34. The van der Waals surface area contributed by atoms with Crippen molar-refractivity contribution < 1.29 is 14.3 Å². The van der Waals surface area contributed by atoms with Gasteiger partial charge in [-0.05, 0) is 42.7 Å². The van der Waals surface area contributed by atoms with Gasteiger partial charge in [0.2, 0.25) is 5.91 Å². The fourth-order valence-electron chi connectivity index (χ4n) is 4.04. The van der Waals surface area contributed by atoms with Crippen molar-refractivity contribution in [3.05, 3.63) is 35.4 Å². The Bertz CT molecular complexity index is 678. The van der Waals surface area contributed by atoms with Gasteiger partial charge in [0.1, 0.15) is 0 Å². The second kappa shape index (κ2) is 11.9. The van der Waals surface area contributed by atoms with E-state index in [4.69, 9.17) is 9.47 Å². The monoisotopic (exact) mass is 416 g/mol. The number of likely N-dealkylation sites (tertiary alicyclic amines) is 1. The Balaban J connectivity index is 1.40. The minimum atomic E-state index is 0.137. The predicted molar refractivity (Wildman–Crippen MR) is 118 cm³/mol. The number of carbonyl (C=O) groups excluding carboxylic acids is 1. The van der Waals surface area contributed by atoms with Crippen LogP contribution < -0.4 is 10.6 Å². The van der Waals surface area contributed by atoms with E-state index in [1.165, 1.54) is 11.1 Å². The molecule has 7 nitrogen and oxygen atoms in total. The number of carbonyl (C=O) groups is 1. The Labute approximate surface area is 180 Å². The SMILES string of the molecule is CN=C(NCc1ccc(COC2CCOCC2)cc1)N1CCC(CC(=O)NC)CC1. The zero-order chi connectivity index (χ0) is 21.2. The van der Waals surface area contributed by atoms with Crippen LogP contribution in [0.1, 0.15) is 43.2 Å². The number of nitrogens with zero attached hydrogens (tertiary/aromatic N) is 2. The molecule has 166 valence electrons. The van der Waals surface area contributed by atoms with Crippen molar-refractivity contribution in [2.24, 2.45) is 10.9 Å². The third kappa shape index (κ3) is 6.99. The molecule has 3 rings (SSSR count). The second-order valence-electron chi connectivity index (χ2n) is 8.15. The number of nitrogens with one attached hydrogen (secondary N) is 2. The molecule has 1 aromatic rings. The lowest BCUT2D eigenvalue weighted by molar-refractivity contribution is -0.121. The molecule has 2 aliphatic heterocycles. The highest BCUT2D eigenvalue weighted by atomic mass is 16.5. The minimum Gasteiger partial charge on any atom is -0.381 e. The summed E-state index contributed by atoms with van der Waals surface area (Å²) in [5.41, 5.74) is 2.42. The average Bonchev–Trinajstić information content (AvgIpc) is 2.80. The highest BCUT2D eigenvalue weighted by Gasteiger charge is 2.23. The summed E-state index contributed by atoms with van der Waals surface area (Å²) in [6.07, 6.45) is 4.98. The van der Waals surface area contributed by atoms with Crippen LogP contribution in [0.2, 0.25) is 0 Å². The third-order valence-corrected chi connectivity index (χ3v) is 6.01. The number of benzene rings is 1. The van der Waals surface area contributed by atoms with E-state index >= 15 is 0 Å². The quantitative estimate of drug-likeness (QED) is 0.527. The number of hydrogen-bond acceptors (Lipinski definition) is 4. The van der Waals surface area contributed by atoms with Crippen molar-refractivity contribution in [3.63, 3.8) is 0 Å². The van der Waals surface area contributed by atoms with Gasteiger partial charge in [-0.3, -0.25) is 9.79 Å². The van der Waals surface area contributed by atoms with Crippen molar-refractivity contribution in [1.82, 2.24) is 15.5 Å². The number of amides is 1. The van der Waals surface area contributed by atoms with E-state index in [9.17, 15) is 4.79 Å². The maximum Gasteiger partial charge on any atom is 0.220 e. The van der Waals surface area contributed by atoms with Gasteiger partial charge in [-0.25, -0.2) is 0 Å². The van der Waals surface area contributed by atoms with E-state index in [2.05, 4.69) is 44.8 Å². The first kappa shape index (κ1) is 22.6. The van der Waals surface area contributed by atoms with E-state index in [-0.39, 0.29) is 5.91 Å². The zero-order valence-electron chi connectivity index (χ0n) is 18.4. The molecule has 0 spiro atoms. The molecule has 1 aromatic carbocycles. The molecule has 7 heteroatoms. The molecule has 0 atom stereocenters. The number of rotatable bonds is 7. The average molecular weight is 417 g/mol. The maximum absolute atomic E-state index is 11.6. The number of guanidine groups is 1. The van der Waals surface area contributed by atoms with Crippen LogP contribution in [-0.4, -0.2) is 63.3 Å². The Morgan fingerprint density at radius 3 is 2.43 bits per heavy atom. The molecule has 0 aliphatic carbocycles. The third-order valence-electron chi connectivity index (χ3n) is 6.01. The summed E-state index contributed by atoms with van der Waals surface area (Å²) in [6.45, 7) is 4.88. The van der Waals surface area contributed by atoms with Crippen LogP contribution in [-0.2, 0) is 27.4 Å². The van der Waals surface area contributed by atoms with Gasteiger partial charge in [0, 0.05) is 53.4 Å². The van der Waals surface area contributed by atoms with Crippen LogP contribution in [0.4, 0.5) is 0 Å². The summed E-state index contributed by atoms with van der Waals surface area (Å²) in [5, 5.41) is 6.20. The smallest absolute Gasteiger partial charge is 0.220 e. The van der Waals surface area contributed by atoms with Crippen LogP contribution in [0.3, 0.4) is 0 Å². The Morgan fingerprint density at radius 2 is 1.80 bits per heavy atom. The summed E-state index contributed by atoms with van der Waals surface area (Å²) in [4.78, 5) is 18.3. The van der Waals surface area contributed by atoms with Gasteiger partial charge in [-0.2, -0.15) is 0 Å². The van der Waals surface area contributed by atoms with Gasteiger partial charge in [-0.15, -0.1) is 0 Å². The van der Waals surface area contributed by atoms with E-state index < -0.39 is 0 Å². The van der Waals surface area contributed by atoms with Gasteiger partial charge in [-0.1, -0.05) is 24.3 Å². The minimum absolute atomic E-state index is 0.137. The molecule has 2 heterocycles. The molecule has 0 unspecified atom stereocenters. The maximum atomic E-state index is 11.6. The first-order valence-electron chi connectivity index (χ1n) is 11.1. The highest BCUT2D eigenvalue weighted by Crippen LogP contribution is 2.20. The highest BCUT2D eigenvalue weighted by molar-refractivity contribution is 5.80. The van der Waals surface area contributed by atoms with Crippen LogP contribution in [0.25, 0.3) is 0 Å². The molecule has 2 fully saturated rings. The molecule has 1 amide bonds. The molecule has 2 N–H and O–H groups in total. The van der Waals surface area contributed by atoms with Crippen LogP contribution >= 0.6 is 0 Å². The normalized spacial score (nSPS) is 19.0. The van der Waals surface area contributed by atoms with Gasteiger partial charge in [0.25, 0.3) is 0 Å². The summed E-state index contributed by atoms with van der Waals surface area (Å²) in [6, 6.07) is 8.59. The molecule has 30 heavy (non-hydrogen) atoms. The largest absolute Gasteiger partial charge is 0.381 e. The van der Waals surface area contributed by atoms with Gasteiger partial charge in [0.05, 0.1) is 12.7 Å². The van der Waals surface area contributed by atoms with Gasteiger partial charge < -0.3 is 25.0 Å². The molecule has 0 aromatic heterocycles. The van der Waals surface area contributed by atoms with E-state index in [1.54, 1.807) is 7.05 Å². The molecule has 2 aliphatic rings. The van der Waals surface area contributed by atoms with Crippen LogP contribution in [0, 0.1) is 5.92 Å². The number of aliphatic imine (C=N–C) groups is 1. The molecule has 0 bridgehead atoms. The summed E-state index contributed by atoms with van der Waals surface area (Å²) in [7, 11) is 3.53. The van der Waals surface area contributed by atoms with Crippen molar-refractivity contribution >= 4 is 11.9 Å². The summed E-state index contributed by atoms with van der Waals surface area (Å²) < 4.78 is 11.4. The van der Waals surface area contributed by atoms with Crippen molar-refractivity contribution in [2.45, 2.75) is 51.4 Å². The fourth-order valence-corrected chi connectivity index (χ4v) is 4.04. The molecule has 0 saturated carbocycles. The second-order valence-corrected chi connectivity index (χ2v) is 8.15. The number of ether oxygens (including phenoxy) is 2.